The van der Waals surface area contributed by atoms with E-state index < -0.39 is 6.09 Å². The summed E-state index contributed by atoms with van der Waals surface area (Å²) >= 11 is 0. The molecule has 1 aliphatic rings. The van der Waals surface area contributed by atoms with Gasteiger partial charge in [-0.15, -0.1) is 12.4 Å². The minimum Gasteiger partial charge on any atom is -0.444 e. The number of hydrogen-bond acceptors (Lipinski definition) is 4. The second-order valence-corrected chi connectivity index (χ2v) is 8.19. The first-order valence-corrected chi connectivity index (χ1v) is 10.7. The van der Waals surface area contributed by atoms with Crippen LogP contribution in [0.5, 0.6) is 0 Å². The number of ether oxygens (including phenoxy) is 1. The molecule has 0 aliphatic heterocycles. The lowest BCUT2D eigenvalue weighted by atomic mass is 10.0. The molecule has 172 valence electrons. The molecule has 4 rings (SSSR count). The summed E-state index contributed by atoms with van der Waals surface area (Å²) in [7, 11) is 0. The summed E-state index contributed by atoms with van der Waals surface area (Å²) < 4.78 is 5.23. The largest absolute Gasteiger partial charge is 0.444 e. The summed E-state index contributed by atoms with van der Waals surface area (Å²) in [5, 5.41) is 5.59. The maximum absolute atomic E-state index is 12.8. The van der Waals surface area contributed by atoms with Crippen LogP contribution in [0, 0.1) is 0 Å². The minimum absolute atomic E-state index is 0. The van der Waals surface area contributed by atoms with Crippen molar-refractivity contribution in [1.29, 1.82) is 0 Å². The number of benzene rings is 3. The van der Waals surface area contributed by atoms with E-state index in [1.165, 1.54) is 0 Å². The summed E-state index contributed by atoms with van der Waals surface area (Å²) in [6.45, 7) is 2.27. The summed E-state index contributed by atoms with van der Waals surface area (Å²) in [4.78, 5) is 24.9. The number of halogens is 1. The molecule has 1 aliphatic carbocycles. The third kappa shape index (κ3) is 6.12. The summed E-state index contributed by atoms with van der Waals surface area (Å²) in [6.07, 6.45) is 1.32. The quantitative estimate of drug-likeness (QED) is 0.417. The van der Waals surface area contributed by atoms with E-state index in [9.17, 15) is 9.59 Å². The Morgan fingerprint density at radius 3 is 2.36 bits per heavy atom. The highest BCUT2D eigenvalue weighted by Crippen LogP contribution is 2.51. The highest BCUT2D eigenvalue weighted by atomic mass is 35.5. The van der Waals surface area contributed by atoms with Crippen molar-refractivity contribution in [1.82, 2.24) is 0 Å². The van der Waals surface area contributed by atoms with E-state index in [0.29, 0.717) is 17.2 Å². The fraction of sp³-hybridized carbons (Fsp3) is 0.231. The maximum atomic E-state index is 12.8. The standard InChI is InChI=1S/C26H27N3O3.ClH/c1-2-26(27)16-23(26)19-10-6-12-21(14-19)28-24(30)20-11-7-13-22(15-20)29-25(31)32-17-18-8-4-3-5-9-18;/h3-15,23H,2,16-17,27H2,1H3,(H,28,30)(H,29,31);1H/t23-,26-;/m0./s1. The maximum Gasteiger partial charge on any atom is 0.411 e. The minimum atomic E-state index is -0.579. The van der Waals surface area contributed by atoms with Gasteiger partial charge in [-0.25, -0.2) is 4.79 Å². The zero-order valence-corrected chi connectivity index (χ0v) is 19.2. The van der Waals surface area contributed by atoms with Crippen molar-refractivity contribution in [2.75, 3.05) is 10.6 Å². The molecule has 1 saturated carbocycles. The Hall–Kier alpha value is -3.35. The Balaban J connectivity index is 0.00000306. The number of rotatable bonds is 7. The third-order valence-electron chi connectivity index (χ3n) is 5.91. The Kier molecular flexibility index (Phi) is 7.74. The summed E-state index contributed by atoms with van der Waals surface area (Å²) in [5.74, 6) is 0.0764. The molecule has 0 bridgehead atoms. The first-order valence-electron chi connectivity index (χ1n) is 10.7. The molecule has 7 heteroatoms. The molecule has 3 aromatic rings. The van der Waals surface area contributed by atoms with Gasteiger partial charge in [0.15, 0.2) is 0 Å². The molecule has 6 nitrogen and oxygen atoms in total. The van der Waals surface area contributed by atoms with E-state index in [1.807, 2.05) is 48.5 Å². The topological polar surface area (TPSA) is 93.5 Å². The van der Waals surface area contributed by atoms with Crippen molar-refractivity contribution >= 4 is 35.8 Å². The van der Waals surface area contributed by atoms with Crippen molar-refractivity contribution in [3.8, 4) is 0 Å². The second kappa shape index (κ2) is 10.5. The molecule has 3 aromatic carbocycles. The summed E-state index contributed by atoms with van der Waals surface area (Å²) in [6, 6.07) is 24.0. The van der Waals surface area contributed by atoms with Crippen LogP contribution in [0.4, 0.5) is 16.2 Å². The van der Waals surface area contributed by atoms with Gasteiger partial charge in [-0.05, 0) is 54.3 Å². The molecule has 0 spiro atoms. The molecule has 0 aromatic heterocycles. The molecular weight excluding hydrogens is 438 g/mol. The third-order valence-corrected chi connectivity index (χ3v) is 5.91. The van der Waals surface area contributed by atoms with Crippen LogP contribution in [0.1, 0.15) is 47.2 Å². The predicted molar refractivity (Wildman–Crippen MR) is 133 cm³/mol. The molecule has 1 fully saturated rings. The SMILES string of the molecule is CC[C@]1(N)C[C@H]1c1cccc(NC(=O)c2cccc(NC(=O)OCc3ccccc3)c2)c1.Cl. The van der Waals surface area contributed by atoms with Crippen LogP contribution in [-0.4, -0.2) is 17.5 Å². The Morgan fingerprint density at radius 1 is 0.970 bits per heavy atom. The zero-order chi connectivity index (χ0) is 22.6. The van der Waals surface area contributed by atoms with Gasteiger partial charge in [-0.2, -0.15) is 0 Å². The fourth-order valence-electron chi connectivity index (χ4n) is 3.81. The molecule has 2 amide bonds. The van der Waals surface area contributed by atoms with Gasteiger partial charge in [0, 0.05) is 28.4 Å². The molecule has 0 heterocycles. The van der Waals surface area contributed by atoms with Gasteiger partial charge in [-0.1, -0.05) is 55.5 Å². The van der Waals surface area contributed by atoms with Gasteiger partial charge in [0.1, 0.15) is 6.61 Å². The van der Waals surface area contributed by atoms with Gasteiger partial charge in [0.2, 0.25) is 0 Å². The number of carbonyl (C=O) groups is 2. The van der Waals surface area contributed by atoms with Crippen LogP contribution in [0.15, 0.2) is 78.9 Å². The van der Waals surface area contributed by atoms with E-state index in [-0.39, 0.29) is 30.5 Å². The number of nitrogens with two attached hydrogens (primary N) is 1. The van der Waals surface area contributed by atoms with E-state index in [2.05, 4.69) is 23.6 Å². The van der Waals surface area contributed by atoms with Crippen molar-refractivity contribution < 1.29 is 14.3 Å². The number of hydrogen-bond donors (Lipinski definition) is 3. The highest BCUT2D eigenvalue weighted by Gasteiger charge is 2.50. The summed E-state index contributed by atoms with van der Waals surface area (Å²) in [5.41, 5.74) is 9.90. The number of amides is 2. The molecule has 0 radical (unpaired) electrons. The van der Waals surface area contributed by atoms with E-state index >= 15 is 0 Å². The van der Waals surface area contributed by atoms with Crippen LogP contribution >= 0.6 is 12.4 Å². The monoisotopic (exact) mass is 465 g/mol. The van der Waals surface area contributed by atoms with Crippen LogP contribution in [0.3, 0.4) is 0 Å². The molecule has 33 heavy (non-hydrogen) atoms. The predicted octanol–water partition coefficient (Wildman–Crippen LogP) is 5.70. The highest BCUT2D eigenvalue weighted by molar-refractivity contribution is 6.05. The van der Waals surface area contributed by atoms with Crippen LogP contribution in [0.25, 0.3) is 0 Å². The van der Waals surface area contributed by atoms with Crippen LogP contribution in [-0.2, 0) is 11.3 Å². The van der Waals surface area contributed by atoms with Crippen LogP contribution < -0.4 is 16.4 Å². The smallest absolute Gasteiger partial charge is 0.411 e. The number of nitrogens with one attached hydrogen (secondary N) is 2. The molecule has 0 unspecified atom stereocenters. The van der Waals surface area contributed by atoms with Crippen molar-refractivity contribution in [3.63, 3.8) is 0 Å². The Bertz CT molecular complexity index is 1120. The second-order valence-electron chi connectivity index (χ2n) is 8.19. The van der Waals surface area contributed by atoms with Crippen LogP contribution in [0.2, 0.25) is 0 Å². The lowest BCUT2D eigenvalue weighted by Gasteiger charge is -2.11. The molecule has 0 saturated heterocycles. The Labute approximate surface area is 199 Å². The van der Waals surface area contributed by atoms with Gasteiger partial charge in [0.25, 0.3) is 5.91 Å². The molecule has 4 N–H and O–H groups in total. The van der Waals surface area contributed by atoms with Gasteiger partial charge >= 0.3 is 6.09 Å². The van der Waals surface area contributed by atoms with Crippen molar-refractivity contribution in [2.45, 2.75) is 37.8 Å². The van der Waals surface area contributed by atoms with Gasteiger partial charge < -0.3 is 15.8 Å². The van der Waals surface area contributed by atoms with E-state index in [0.717, 1.165) is 29.7 Å². The first kappa shape index (κ1) is 24.3. The normalized spacial score (nSPS) is 18.5. The number of anilines is 2. The average Bonchev–Trinajstić information content (AvgIpc) is 3.51. The van der Waals surface area contributed by atoms with E-state index in [4.69, 9.17) is 10.5 Å². The van der Waals surface area contributed by atoms with Gasteiger partial charge in [0.05, 0.1) is 0 Å². The Morgan fingerprint density at radius 2 is 1.67 bits per heavy atom. The first-order chi connectivity index (χ1) is 15.5. The molecular formula is C26H28ClN3O3. The lowest BCUT2D eigenvalue weighted by Crippen LogP contribution is -2.22. The van der Waals surface area contributed by atoms with Gasteiger partial charge in [-0.3, -0.25) is 10.1 Å². The van der Waals surface area contributed by atoms with Crippen molar-refractivity contribution in [2.24, 2.45) is 5.73 Å². The van der Waals surface area contributed by atoms with Crippen molar-refractivity contribution in [3.05, 3.63) is 95.6 Å². The molecule has 2 atom stereocenters. The number of carbonyl (C=O) groups excluding carboxylic acids is 2. The average molecular weight is 466 g/mol. The van der Waals surface area contributed by atoms with E-state index in [1.54, 1.807) is 24.3 Å². The lowest BCUT2D eigenvalue weighted by molar-refractivity contribution is 0.102. The fourth-order valence-corrected chi connectivity index (χ4v) is 3.81. The zero-order valence-electron chi connectivity index (χ0n) is 18.4.